The highest BCUT2D eigenvalue weighted by Gasteiger charge is 2.19. The van der Waals surface area contributed by atoms with Crippen LogP contribution in [0.2, 0.25) is 0 Å². The normalized spacial score (nSPS) is 10.9. The Hall–Kier alpha value is -2.44. The number of rotatable bonds is 1. The minimum Gasteiger partial charge on any atom is -0.364 e. The summed E-state index contributed by atoms with van der Waals surface area (Å²) in [6.07, 6.45) is 4.54. The van der Waals surface area contributed by atoms with Gasteiger partial charge in [-0.1, -0.05) is 5.16 Å². The molecule has 0 saturated heterocycles. The maximum Gasteiger partial charge on any atom is 0.143 e. The molecule has 0 saturated carbocycles. The highest BCUT2D eigenvalue weighted by molar-refractivity contribution is 5.74. The van der Waals surface area contributed by atoms with Gasteiger partial charge in [-0.3, -0.25) is 0 Å². The Labute approximate surface area is 83.8 Å². The van der Waals surface area contributed by atoms with Crippen LogP contribution in [0.15, 0.2) is 29.4 Å². The van der Waals surface area contributed by atoms with Crippen molar-refractivity contribution < 1.29 is 4.52 Å². The van der Waals surface area contributed by atoms with Crippen LogP contribution in [-0.2, 0) is 0 Å². The molecule has 3 heterocycles. The predicted octanol–water partition coefficient (Wildman–Crippen LogP) is 0.147. The highest BCUT2D eigenvalue weighted by atomic mass is 16.5. The van der Waals surface area contributed by atoms with Crippen LogP contribution in [-0.4, -0.2) is 25.0 Å². The molecule has 0 bridgehead atoms. The van der Waals surface area contributed by atoms with E-state index in [4.69, 9.17) is 10.4 Å². The van der Waals surface area contributed by atoms with Gasteiger partial charge in [-0.15, -0.1) is 10.2 Å². The first-order valence-corrected chi connectivity index (χ1v) is 4.21. The van der Waals surface area contributed by atoms with Gasteiger partial charge < -0.3 is 10.4 Å². The lowest BCUT2D eigenvalue weighted by Crippen LogP contribution is -2.12. The van der Waals surface area contributed by atoms with E-state index in [1.54, 1.807) is 12.3 Å². The van der Waals surface area contributed by atoms with Gasteiger partial charge in [-0.05, 0) is 0 Å². The molecule has 0 amide bonds. The van der Waals surface area contributed by atoms with Gasteiger partial charge in [0.25, 0.3) is 0 Å². The lowest BCUT2D eigenvalue weighted by Gasteiger charge is -2.03. The van der Waals surface area contributed by atoms with Crippen molar-refractivity contribution in [1.82, 2.24) is 25.0 Å². The van der Waals surface area contributed by atoms with Gasteiger partial charge >= 0.3 is 0 Å². The number of nitrogen functional groups attached to an aromatic ring is 1. The van der Waals surface area contributed by atoms with E-state index in [0.717, 1.165) is 0 Å². The van der Waals surface area contributed by atoms with Crippen LogP contribution in [0, 0.1) is 0 Å². The van der Waals surface area contributed by atoms with Gasteiger partial charge in [0.05, 0.1) is 6.20 Å². The first kappa shape index (κ1) is 7.92. The second kappa shape index (κ2) is 2.77. The summed E-state index contributed by atoms with van der Waals surface area (Å²) in [5.74, 6) is 5.72. The van der Waals surface area contributed by atoms with Gasteiger partial charge in [-0.2, -0.15) is 0 Å². The molecule has 3 rings (SSSR count). The van der Waals surface area contributed by atoms with Gasteiger partial charge in [-0.25, -0.2) is 9.66 Å². The number of nitrogens with two attached hydrogens (primary N) is 1. The minimum atomic E-state index is 0.587. The molecule has 2 N–H and O–H groups in total. The van der Waals surface area contributed by atoms with Crippen LogP contribution < -0.4 is 5.84 Å². The summed E-state index contributed by atoms with van der Waals surface area (Å²) in [6.45, 7) is 0. The molecule has 1 aromatic heterocycles. The first-order valence-electron chi connectivity index (χ1n) is 4.21. The Bertz CT molecular complexity index is 557. The van der Waals surface area contributed by atoms with Crippen molar-refractivity contribution in [2.75, 3.05) is 5.84 Å². The zero-order chi connectivity index (χ0) is 10.3. The molecular weight excluding hydrogens is 196 g/mol. The van der Waals surface area contributed by atoms with Crippen LogP contribution in [0.1, 0.15) is 0 Å². The third-order valence-electron chi connectivity index (χ3n) is 2.05. The minimum absolute atomic E-state index is 0.587. The molecule has 0 atom stereocenters. The molecule has 7 nitrogen and oxygen atoms in total. The van der Waals surface area contributed by atoms with Gasteiger partial charge in [0.15, 0.2) is 0 Å². The molecule has 0 aliphatic carbocycles. The van der Waals surface area contributed by atoms with Gasteiger partial charge in [0, 0.05) is 6.07 Å². The zero-order valence-corrected chi connectivity index (χ0v) is 7.53. The smallest absolute Gasteiger partial charge is 0.143 e. The Balaban J connectivity index is 2.30. The number of aromatic nitrogens is 5. The maximum absolute atomic E-state index is 5.72. The van der Waals surface area contributed by atoms with Crippen LogP contribution in [0.4, 0.5) is 0 Å². The summed E-state index contributed by atoms with van der Waals surface area (Å²) in [7, 11) is 0. The third-order valence-corrected chi connectivity index (χ3v) is 2.05. The Morgan fingerprint density at radius 2 is 2.20 bits per heavy atom. The van der Waals surface area contributed by atoms with Crippen LogP contribution in [0.3, 0.4) is 0 Å². The van der Waals surface area contributed by atoms with Crippen molar-refractivity contribution in [2.45, 2.75) is 0 Å². The summed E-state index contributed by atoms with van der Waals surface area (Å²) in [5.41, 5.74) is 2.49. The van der Waals surface area contributed by atoms with Crippen LogP contribution in [0.5, 0.6) is 0 Å². The van der Waals surface area contributed by atoms with Crippen molar-refractivity contribution in [3.05, 3.63) is 24.9 Å². The monoisotopic (exact) mass is 202 g/mol. The lowest BCUT2D eigenvalue weighted by atomic mass is 10.2. The number of hydrogen-bond donors (Lipinski definition) is 1. The second-order valence-electron chi connectivity index (χ2n) is 2.97. The Kier molecular flexibility index (Phi) is 1.46. The summed E-state index contributed by atoms with van der Waals surface area (Å²) >= 11 is 0. The van der Waals surface area contributed by atoms with Crippen molar-refractivity contribution in [2.24, 2.45) is 0 Å². The van der Waals surface area contributed by atoms with E-state index in [1.807, 2.05) is 0 Å². The molecule has 0 radical (unpaired) electrons. The summed E-state index contributed by atoms with van der Waals surface area (Å²) < 4.78 is 6.10. The number of fused-ring (bicyclic) bond motifs is 1. The van der Waals surface area contributed by atoms with Crippen LogP contribution in [0.25, 0.3) is 22.8 Å². The summed E-state index contributed by atoms with van der Waals surface area (Å²) in [6, 6.07) is 1.70. The molecule has 0 fully saturated rings. The Morgan fingerprint density at radius 3 is 3.00 bits per heavy atom. The maximum atomic E-state index is 5.72. The topological polar surface area (TPSA) is 95.7 Å². The molecule has 15 heavy (non-hydrogen) atoms. The first-order chi connectivity index (χ1) is 7.36. The van der Waals surface area contributed by atoms with Crippen LogP contribution >= 0.6 is 0 Å². The Morgan fingerprint density at radius 1 is 1.27 bits per heavy atom. The van der Waals surface area contributed by atoms with Crippen molar-refractivity contribution in [3.8, 4) is 22.8 Å². The highest BCUT2D eigenvalue weighted by Crippen LogP contribution is 2.27. The van der Waals surface area contributed by atoms with E-state index in [1.165, 1.54) is 17.3 Å². The van der Waals surface area contributed by atoms with Gasteiger partial charge in [0.1, 0.15) is 35.4 Å². The summed E-state index contributed by atoms with van der Waals surface area (Å²) in [5, 5.41) is 11.7. The average Bonchev–Trinajstić information content (AvgIpc) is 2.85. The van der Waals surface area contributed by atoms with E-state index < -0.39 is 0 Å². The molecule has 2 aliphatic heterocycles. The van der Waals surface area contributed by atoms with Crippen molar-refractivity contribution >= 4 is 0 Å². The molecule has 7 heteroatoms. The SMILES string of the molecule is Nn1cncc2nnc(-c3ccon3)c1-2. The third kappa shape index (κ3) is 1.06. The van der Waals surface area contributed by atoms with Crippen molar-refractivity contribution in [1.29, 1.82) is 0 Å². The molecule has 74 valence electrons. The van der Waals surface area contributed by atoms with E-state index in [2.05, 4.69) is 20.3 Å². The molecule has 1 aromatic rings. The number of hydrogen-bond acceptors (Lipinski definition) is 6. The largest absolute Gasteiger partial charge is 0.364 e. The van der Waals surface area contributed by atoms with E-state index in [-0.39, 0.29) is 0 Å². The fraction of sp³-hybridized carbons (Fsp3) is 0. The van der Waals surface area contributed by atoms with Gasteiger partial charge in [0.2, 0.25) is 0 Å². The molecular formula is C8H6N6O. The van der Waals surface area contributed by atoms with E-state index in [0.29, 0.717) is 22.8 Å². The van der Waals surface area contributed by atoms with E-state index >= 15 is 0 Å². The lowest BCUT2D eigenvalue weighted by molar-refractivity contribution is 0.422. The molecule has 0 spiro atoms. The molecule has 0 unspecified atom stereocenters. The average molecular weight is 202 g/mol. The fourth-order valence-electron chi connectivity index (χ4n) is 1.40. The summed E-state index contributed by atoms with van der Waals surface area (Å²) in [4.78, 5) is 3.90. The van der Waals surface area contributed by atoms with E-state index in [9.17, 15) is 0 Å². The van der Waals surface area contributed by atoms with Crippen molar-refractivity contribution in [3.63, 3.8) is 0 Å². The zero-order valence-electron chi connectivity index (χ0n) is 7.53. The predicted molar refractivity (Wildman–Crippen MR) is 50.1 cm³/mol. The fourth-order valence-corrected chi connectivity index (χ4v) is 1.40. The quantitative estimate of drug-likeness (QED) is 0.564. The number of nitrogens with zero attached hydrogens (tertiary/aromatic N) is 5. The standard InChI is InChI=1S/C8H6N6O/c9-14-4-10-3-6-8(14)7(12-11-6)5-1-2-15-13-5/h1-4H,9H2. The molecule has 2 aliphatic rings. The molecule has 0 aromatic carbocycles. The second-order valence-corrected chi connectivity index (χ2v) is 2.97.